The number of hydrogen-bond donors (Lipinski definition) is 2. The second kappa shape index (κ2) is 7.01. The number of ether oxygens (including phenoxy) is 1. The highest BCUT2D eigenvalue weighted by Gasteiger charge is 2.14. The third-order valence-electron chi connectivity index (χ3n) is 3.14. The van der Waals surface area contributed by atoms with Crippen LogP contribution < -0.4 is 10.5 Å². The van der Waals surface area contributed by atoms with Gasteiger partial charge in [-0.05, 0) is 31.2 Å². The van der Waals surface area contributed by atoms with E-state index in [4.69, 9.17) is 15.9 Å². The van der Waals surface area contributed by atoms with Crippen LogP contribution in [0.15, 0.2) is 24.3 Å². The monoisotopic (exact) mass is 249 g/mol. The summed E-state index contributed by atoms with van der Waals surface area (Å²) in [7, 11) is 3.74. The highest BCUT2D eigenvalue weighted by atomic mass is 16.5. The van der Waals surface area contributed by atoms with Gasteiger partial charge in [0.1, 0.15) is 5.75 Å². The van der Waals surface area contributed by atoms with Gasteiger partial charge in [0.25, 0.3) is 0 Å². The predicted octanol–water partition coefficient (Wildman–Crippen LogP) is 2.23. The summed E-state index contributed by atoms with van der Waals surface area (Å²) in [5.41, 5.74) is 6.71. The maximum Gasteiger partial charge on any atom is 0.118 e. The lowest BCUT2D eigenvalue weighted by molar-refractivity contribution is 0.232. The van der Waals surface area contributed by atoms with E-state index >= 15 is 0 Å². The summed E-state index contributed by atoms with van der Waals surface area (Å²) in [6.07, 6.45) is 1.62. The number of nitrogens with zero attached hydrogens (tertiary/aromatic N) is 1. The largest absolute Gasteiger partial charge is 0.497 e. The van der Waals surface area contributed by atoms with Crippen molar-refractivity contribution in [1.29, 1.82) is 5.41 Å². The zero-order valence-corrected chi connectivity index (χ0v) is 11.4. The van der Waals surface area contributed by atoms with Gasteiger partial charge < -0.3 is 10.5 Å². The molecule has 3 N–H and O–H groups in total. The molecule has 18 heavy (non-hydrogen) atoms. The lowest BCUT2D eigenvalue weighted by atomic mass is 10.1. The molecule has 0 heterocycles. The van der Waals surface area contributed by atoms with Crippen LogP contribution in [0.4, 0.5) is 0 Å². The van der Waals surface area contributed by atoms with E-state index in [9.17, 15) is 0 Å². The normalized spacial score (nSPS) is 12.4. The van der Waals surface area contributed by atoms with E-state index in [2.05, 4.69) is 31.0 Å². The number of amidine groups is 1. The van der Waals surface area contributed by atoms with Gasteiger partial charge in [-0.25, -0.2) is 0 Å². The Bertz CT molecular complexity index is 375. The quantitative estimate of drug-likeness (QED) is 0.575. The number of hydrogen-bond acceptors (Lipinski definition) is 3. The first-order valence-corrected chi connectivity index (χ1v) is 6.22. The fraction of sp³-hybridized carbons (Fsp3) is 0.500. The molecule has 1 aromatic rings. The van der Waals surface area contributed by atoms with Gasteiger partial charge in [-0.2, -0.15) is 0 Å². The molecule has 0 bridgehead atoms. The van der Waals surface area contributed by atoms with Crippen LogP contribution in [-0.4, -0.2) is 30.9 Å². The van der Waals surface area contributed by atoms with E-state index < -0.39 is 0 Å². The summed E-state index contributed by atoms with van der Waals surface area (Å²) in [6, 6.07) is 8.39. The van der Waals surface area contributed by atoms with Crippen molar-refractivity contribution in [3.05, 3.63) is 29.8 Å². The molecular formula is C14H23N3O. The van der Waals surface area contributed by atoms with Crippen molar-refractivity contribution in [2.45, 2.75) is 32.4 Å². The van der Waals surface area contributed by atoms with Crippen molar-refractivity contribution in [2.24, 2.45) is 5.73 Å². The molecular weight excluding hydrogens is 226 g/mol. The Morgan fingerprint density at radius 2 is 2.00 bits per heavy atom. The molecule has 0 aromatic heterocycles. The van der Waals surface area contributed by atoms with Crippen molar-refractivity contribution >= 4 is 5.84 Å². The van der Waals surface area contributed by atoms with Crippen molar-refractivity contribution in [3.63, 3.8) is 0 Å². The molecule has 1 unspecified atom stereocenters. The lowest BCUT2D eigenvalue weighted by Crippen LogP contribution is -2.34. The van der Waals surface area contributed by atoms with Crippen LogP contribution in [-0.2, 0) is 6.54 Å². The molecule has 0 aliphatic heterocycles. The average molecular weight is 249 g/mol. The first-order chi connectivity index (χ1) is 8.56. The number of rotatable bonds is 7. The van der Waals surface area contributed by atoms with E-state index in [-0.39, 0.29) is 5.84 Å². The minimum absolute atomic E-state index is 0.253. The van der Waals surface area contributed by atoms with Gasteiger partial charge in [0.15, 0.2) is 0 Å². The van der Waals surface area contributed by atoms with Gasteiger partial charge in [0.2, 0.25) is 0 Å². The fourth-order valence-electron chi connectivity index (χ4n) is 2.01. The highest BCUT2D eigenvalue weighted by Crippen LogP contribution is 2.15. The fourth-order valence-corrected chi connectivity index (χ4v) is 2.01. The number of benzene rings is 1. The van der Waals surface area contributed by atoms with Crippen molar-refractivity contribution in [1.82, 2.24) is 4.90 Å². The number of nitrogens with two attached hydrogens (primary N) is 1. The molecule has 4 nitrogen and oxygen atoms in total. The van der Waals surface area contributed by atoms with E-state index in [1.165, 1.54) is 5.56 Å². The van der Waals surface area contributed by atoms with E-state index in [1.807, 2.05) is 12.1 Å². The van der Waals surface area contributed by atoms with Gasteiger partial charge in [0, 0.05) is 19.0 Å². The molecule has 0 aliphatic carbocycles. The summed E-state index contributed by atoms with van der Waals surface area (Å²) in [6.45, 7) is 2.98. The number of nitrogens with one attached hydrogen (secondary N) is 1. The van der Waals surface area contributed by atoms with E-state index in [0.29, 0.717) is 12.5 Å². The molecule has 1 aromatic carbocycles. The summed E-state index contributed by atoms with van der Waals surface area (Å²) in [5.74, 6) is 1.13. The smallest absolute Gasteiger partial charge is 0.118 e. The van der Waals surface area contributed by atoms with Crippen molar-refractivity contribution in [2.75, 3.05) is 14.2 Å². The van der Waals surface area contributed by atoms with Crippen LogP contribution in [0.2, 0.25) is 0 Å². The van der Waals surface area contributed by atoms with Crippen LogP contribution in [0.1, 0.15) is 25.3 Å². The maximum absolute atomic E-state index is 7.39. The second-order valence-corrected chi connectivity index (χ2v) is 4.55. The van der Waals surface area contributed by atoms with E-state index in [0.717, 1.165) is 18.7 Å². The van der Waals surface area contributed by atoms with E-state index in [1.54, 1.807) is 7.11 Å². The Kier molecular flexibility index (Phi) is 5.65. The molecule has 4 heteroatoms. The van der Waals surface area contributed by atoms with Gasteiger partial charge in [-0.3, -0.25) is 10.3 Å². The molecule has 0 fully saturated rings. The Morgan fingerprint density at radius 3 is 2.44 bits per heavy atom. The third kappa shape index (κ3) is 4.37. The first-order valence-electron chi connectivity index (χ1n) is 6.22. The summed E-state index contributed by atoms with van der Waals surface area (Å²) in [5, 5.41) is 7.39. The Morgan fingerprint density at radius 1 is 1.39 bits per heavy atom. The zero-order valence-electron chi connectivity index (χ0n) is 11.4. The molecule has 0 radical (unpaired) electrons. The van der Waals surface area contributed by atoms with Crippen LogP contribution in [0.25, 0.3) is 0 Å². The van der Waals surface area contributed by atoms with Gasteiger partial charge in [-0.1, -0.05) is 19.1 Å². The molecule has 1 rings (SSSR count). The zero-order chi connectivity index (χ0) is 13.5. The minimum atomic E-state index is 0.253. The lowest BCUT2D eigenvalue weighted by Gasteiger charge is -2.26. The Hall–Kier alpha value is -1.55. The average Bonchev–Trinajstić information content (AvgIpc) is 2.36. The summed E-state index contributed by atoms with van der Waals surface area (Å²) in [4.78, 5) is 2.24. The molecule has 0 amide bonds. The number of methoxy groups -OCH3 is 1. The third-order valence-corrected chi connectivity index (χ3v) is 3.14. The molecule has 0 saturated carbocycles. The maximum atomic E-state index is 7.39. The van der Waals surface area contributed by atoms with Gasteiger partial charge in [-0.15, -0.1) is 0 Å². The van der Waals surface area contributed by atoms with Crippen molar-refractivity contribution < 1.29 is 4.74 Å². The highest BCUT2D eigenvalue weighted by molar-refractivity contribution is 5.77. The molecule has 1 atom stereocenters. The Labute approximate surface area is 109 Å². The van der Waals surface area contributed by atoms with Crippen LogP contribution in [0, 0.1) is 5.41 Å². The topological polar surface area (TPSA) is 62.3 Å². The van der Waals surface area contributed by atoms with Crippen LogP contribution >= 0.6 is 0 Å². The standard InChI is InChI=1S/C14H23N3O/c1-4-12(9-14(15)16)17(2)10-11-5-7-13(18-3)8-6-11/h5-8,12H,4,9-10H2,1-3H3,(H3,15,16). The summed E-state index contributed by atoms with van der Waals surface area (Å²) >= 11 is 0. The van der Waals surface area contributed by atoms with Gasteiger partial charge >= 0.3 is 0 Å². The minimum Gasteiger partial charge on any atom is -0.497 e. The second-order valence-electron chi connectivity index (χ2n) is 4.55. The van der Waals surface area contributed by atoms with Crippen molar-refractivity contribution in [3.8, 4) is 5.75 Å². The Balaban J connectivity index is 2.60. The first kappa shape index (κ1) is 14.5. The van der Waals surface area contributed by atoms with Crippen LogP contribution in [0.3, 0.4) is 0 Å². The molecule has 100 valence electrons. The van der Waals surface area contributed by atoms with Gasteiger partial charge in [0.05, 0.1) is 12.9 Å². The SMILES string of the molecule is CCC(CC(=N)N)N(C)Cc1ccc(OC)cc1. The summed E-state index contributed by atoms with van der Waals surface area (Å²) < 4.78 is 5.14. The molecule has 0 spiro atoms. The molecule has 0 saturated heterocycles. The molecule has 0 aliphatic rings. The predicted molar refractivity (Wildman–Crippen MR) is 75.1 cm³/mol. The van der Waals surface area contributed by atoms with Crippen LogP contribution in [0.5, 0.6) is 5.75 Å².